The highest BCUT2D eigenvalue weighted by Gasteiger charge is 2.32. The third kappa shape index (κ3) is 2.24. The van der Waals surface area contributed by atoms with Gasteiger partial charge in [-0.05, 0) is 12.1 Å². The molecular formula is C15H19N3O2. The number of nitrogens with one attached hydrogen (secondary N) is 1. The van der Waals surface area contributed by atoms with Crippen LogP contribution in [0, 0.1) is 5.41 Å². The van der Waals surface area contributed by atoms with Crippen molar-refractivity contribution in [1.29, 1.82) is 0 Å². The molecule has 106 valence electrons. The van der Waals surface area contributed by atoms with Gasteiger partial charge < -0.3 is 14.6 Å². The van der Waals surface area contributed by atoms with Crippen LogP contribution in [0.4, 0.5) is 5.82 Å². The summed E-state index contributed by atoms with van der Waals surface area (Å²) in [6, 6.07) is 3.99. The number of pyridine rings is 1. The molecule has 1 fully saturated rings. The molecule has 0 bridgehead atoms. The Morgan fingerprint density at radius 2 is 2.15 bits per heavy atom. The molecule has 3 heterocycles. The van der Waals surface area contributed by atoms with Crippen molar-refractivity contribution in [1.82, 2.24) is 10.3 Å². The molecular weight excluding hydrogens is 254 g/mol. The quantitative estimate of drug-likeness (QED) is 0.911. The second-order valence-corrected chi connectivity index (χ2v) is 6.29. The molecule has 5 heteroatoms. The van der Waals surface area contributed by atoms with Gasteiger partial charge >= 0.3 is 0 Å². The van der Waals surface area contributed by atoms with Gasteiger partial charge in [-0.1, -0.05) is 20.8 Å². The summed E-state index contributed by atoms with van der Waals surface area (Å²) in [6.07, 6.45) is 3.43. The van der Waals surface area contributed by atoms with Gasteiger partial charge in [0.1, 0.15) is 11.4 Å². The summed E-state index contributed by atoms with van der Waals surface area (Å²) >= 11 is 0. The van der Waals surface area contributed by atoms with E-state index in [2.05, 4.69) is 15.2 Å². The van der Waals surface area contributed by atoms with Gasteiger partial charge in [0.2, 0.25) is 5.91 Å². The van der Waals surface area contributed by atoms with Gasteiger partial charge in [0.05, 0.1) is 17.7 Å². The lowest BCUT2D eigenvalue weighted by Crippen LogP contribution is -2.61. The number of anilines is 1. The first-order chi connectivity index (χ1) is 9.45. The maximum absolute atomic E-state index is 11.9. The second-order valence-electron chi connectivity index (χ2n) is 6.29. The van der Waals surface area contributed by atoms with Crippen molar-refractivity contribution in [3.8, 4) is 0 Å². The Hall–Kier alpha value is -2.04. The van der Waals surface area contributed by atoms with Crippen molar-refractivity contribution in [2.45, 2.75) is 26.8 Å². The number of hydrogen-bond donors (Lipinski definition) is 1. The third-order valence-electron chi connectivity index (χ3n) is 3.56. The van der Waals surface area contributed by atoms with Crippen LogP contribution in [0.5, 0.6) is 0 Å². The monoisotopic (exact) mass is 273 g/mol. The number of fused-ring (bicyclic) bond motifs is 1. The highest BCUT2D eigenvalue weighted by molar-refractivity contribution is 5.89. The van der Waals surface area contributed by atoms with E-state index in [9.17, 15) is 4.79 Å². The van der Waals surface area contributed by atoms with Crippen LogP contribution >= 0.6 is 0 Å². The molecule has 0 atom stereocenters. The normalized spacial score (nSPS) is 16.2. The standard InChI is InChI=1S/C15H19N3O2/c1-15(2,3)14(19)17-10-8-18(9-10)13-11-5-7-20-12(11)4-6-16-13/h4-7,10H,8-9H2,1-3H3,(H,17,19). The number of amides is 1. The Morgan fingerprint density at radius 3 is 2.85 bits per heavy atom. The first kappa shape index (κ1) is 13.0. The molecule has 0 spiro atoms. The van der Waals surface area contributed by atoms with E-state index in [1.165, 1.54) is 0 Å². The van der Waals surface area contributed by atoms with Gasteiger partial charge in [0.15, 0.2) is 0 Å². The summed E-state index contributed by atoms with van der Waals surface area (Å²) in [7, 11) is 0. The molecule has 1 amide bonds. The summed E-state index contributed by atoms with van der Waals surface area (Å²) in [5.74, 6) is 1.02. The molecule has 0 aliphatic carbocycles. The fourth-order valence-electron chi connectivity index (χ4n) is 2.28. The van der Waals surface area contributed by atoms with Gasteiger partial charge in [-0.25, -0.2) is 4.98 Å². The number of carbonyl (C=O) groups excluding carboxylic acids is 1. The molecule has 0 radical (unpaired) electrons. The molecule has 1 aliphatic rings. The maximum Gasteiger partial charge on any atom is 0.225 e. The van der Waals surface area contributed by atoms with Gasteiger partial charge in [0, 0.05) is 24.7 Å². The van der Waals surface area contributed by atoms with Crippen LogP contribution in [-0.4, -0.2) is 30.0 Å². The van der Waals surface area contributed by atoms with Gasteiger partial charge in [0.25, 0.3) is 0 Å². The number of aromatic nitrogens is 1. The lowest BCUT2D eigenvalue weighted by Gasteiger charge is -2.41. The lowest BCUT2D eigenvalue weighted by molar-refractivity contribution is -0.129. The summed E-state index contributed by atoms with van der Waals surface area (Å²) in [5.41, 5.74) is 0.501. The molecule has 0 aromatic carbocycles. The van der Waals surface area contributed by atoms with E-state index in [1.807, 2.05) is 32.9 Å². The molecule has 3 rings (SSSR count). The van der Waals surface area contributed by atoms with E-state index >= 15 is 0 Å². The van der Waals surface area contributed by atoms with Gasteiger partial charge in [-0.15, -0.1) is 0 Å². The minimum atomic E-state index is -0.344. The zero-order valence-electron chi connectivity index (χ0n) is 12.0. The molecule has 0 unspecified atom stereocenters. The predicted molar refractivity (Wildman–Crippen MR) is 77.6 cm³/mol. The van der Waals surface area contributed by atoms with Crippen LogP contribution in [0.3, 0.4) is 0 Å². The lowest BCUT2D eigenvalue weighted by atomic mass is 9.94. The van der Waals surface area contributed by atoms with Crippen molar-refractivity contribution >= 4 is 22.7 Å². The Morgan fingerprint density at radius 1 is 1.40 bits per heavy atom. The number of nitrogens with zero attached hydrogens (tertiary/aromatic N) is 2. The van der Waals surface area contributed by atoms with E-state index < -0.39 is 0 Å². The Kier molecular flexibility index (Phi) is 2.92. The number of carbonyl (C=O) groups is 1. The molecule has 5 nitrogen and oxygen atoms in total. The first-order valence-electron chi connectivity index (χ1n) is 6.83. The summed E-state index contributed by atoms with van der Waals surface area (Å²) in [4.78, 5) is 18.5. The smallest absolute Gasteiger partial charge is 0.225 e. The maximum atomic E-state index is 11.9. The molecule has 20 heavy (non-hydrogen) atoms. The van der Waals surface area contributed by atoms with Crippen LogP contribution in [0.25, 0.3) is 11.0 Å². The van der Waals surface area contributed by atoms with E-state index in [-0.39, 0.29) is 17.4 Å². The van der Waals surface area contributed by atoms with Crippen LogP contribution in [0.15, 0.2) is 29.0 Å². The van der Waals surface area contributed by atoms with Crippen molar-refractivity contribution in [2.24, 2.45) is 5.41 Å². The van der Waals surface area contributed by atoms with E-state index in [4.69, 9.17) is 4.42 Å². The van der Waals surface area contributed by atoms with Crippen molar-refractivity contribution in [2.75, 3.05) is 18.0 Å². The van der Waals surface area contributed by atoms with Gasteiger partial charge in [-0.2, -0.15) is 0 Å². The molecule has 1 saturated heterocycles. The molecule has 2 aromatic rings. The molecule has 2 aromatic heterocycles. The SMILES string of the molecule is CC(C)(C)C(=O)NC1CN(c2nccc3occc23)C1. The topological polar surface area (TPSA) is 58.4 Å². The summed E-state index contributed by atoms with van der Waals surface area (Å²) < 4.78 is 5.38. The zero-order chi connectivity index (χ0) is 14.3. The van der Waals surface area contributed by atoms with Crippen LogP contribution in [0.1, 0.15) is 20.8 Å². The fraction of sp³-hybridized carbons (Fsp3) is 0.467. The number of rotatable bonds is 2. The van der Waals surface area contributed by atoms with Crippen molar-refractivity contribution < 1.29 is 9.21 Å². The minimum absolute atomic E-state index is 0.0941. The largest absolute Gasteiger partial charge is 0.464 e. The van der Waals surface area contributed by atoms with Crippen molar-refractivity contribution in [3.63, 3.8) is 0 Å². The molecule has 0 saturated carbocycles. The summed E-state index contributed by atoms with van der Waals surface area (Å²) in [5, 5.41) is 4.09. The highest BCUT2D eigenvalue weighted by atomic mass is 16.3. The average Bonchev–Trinajstić information content (AvgIpc) is 2.79. The van der Waals surface area contributed by atoms with E-state index in [0.717, 1.165) is 29.9 Å². The predicted octanol–water partition coefficient (Wildman–Crippen LogP) is 2.18. The van der Waals surface area contributed by atoms with E-state index in [1.54, 1.807) is 12.5 Å². The Bertz CT molecular complexity index is 636. The molecule has 1 N–H and O–H groups in total. The highest BCUT2D eigenvalue weighted by Crippen LogP contribution is 2.28. The minimum Gasteiger partial charge on any atom is -0.464 e. The summed E-state index contributed by atoms with van der Waals surface area (Å²) in [6.45, 7) is 7.35. The Labute approximate surface area is 118 Å². The fourth-order valence-corrected chi connectivity index (χ4v) is 2.28. The third-order valence-corrected chi connectivity index (χ3v) is 3.56. The van der Waals surface area contributed by atoms with Gasteiger partial charge in [-0.3, -0.25) is 4.79 Å². The zero-order valence-corrected chi connectivity index (χ0v) is 12.0. The van der Waals surface area contributed by atoms with Crippen LogP contribution in [-0.2, 0) is 4.79 Å². The number of hydrogen-bond acceptors (Lipinski definition) is 4. The second kappa shape index (κ2) is 4.51. The Balaban J connectivity index is 1.66. The van der Waals surface area contributed by atoms with Crippen molar-refractivity contribution in [3.05, 3.63) is 24.6 Å². The van der Waals surface area contributed by atoms with E-state index in [0.29, 0.717) is 0 Å². The van der Waals surface area contributed by atoms with Crippen LogP contribution in [0.2, 0.25) is 0 Å². The average molecular weight is 273 g/mol. The van der Waals surface area contributed by atoms with Crippen LogP contribution < -0.4 is 10.2 Å². The molecule has 1 aliphatic heterocycles. The first-order valence-corrected chi connectivity index (χ1v) is 6.83. The number of furan rings is 1.